The highest BCUT2D eigenvalue weighted by atomic mass is 16.1. The van der Waals surface area contributed by atoms with Crippen LogP contribution in [-0.4, -0.2) is 14.8 Å². The maximum absolute atomic E-state index is 12.0. The van der Waals surface area contributed by atoms with Gasteiger partial charge in [-0.25, -0.2) is 4.68 Å². The number of rotatable bonds is 2. The van der Waals surface area contributed by atoms with Gasteiger partial charge in [0.25, 0.3) is 5.56 Å². The van der Waals surface area contributed by atoms with Crippen molar-refractivity contribution in [3.05, 3.63) is 70.4 Å². The van der Waals surface area contributed by atoms with Gasteiger partial charge >= 0.3 is 0 Å². The lowest BCUT2D eigenvalue weighted by Gasteiger charge is -2.06. The normalized spacial score (nSPS) is 10.7. The second-order valence-electron chi connectivity index (χ2n) is 4.82. The van der Waals surface area contributed by atoms with Crippen molar-refractivity contribution < 1.29 is 0 Å². The van der Waals surface area contributed by atoms with Crippen molar-refractivity contribution in [3.8, 4) is 16.8 Å². The Labute approximate surface area is 116 Å². The second-order valence-corrected chi connectivity index (χ2v) is 4.82. The minimum atomic E-state index is -0.0556. The van der Waals surface area contributed by atoms with Crippen molar-refractivity contribution in [3.63, 3.8) is 0 Å². The van der Waals surface area contributed by atoms with Crippen LogP contribution in [0.1, 0.15) is 11.3 Å². The molecule has 4 heteroatoms. The molecule has 2 heterocycles. The van der Waals surface area contributed by atoms with Crippen LogP contribution in [0.5, 0.6) is 0 Å². The average molecular weight is 265 g/mol. The highest BCUT2D eigenvalue weighted by Crippen LogP contribution is 2.19. The zero-order valence-corrected chi connectivity index (χ0v) is 11.4. The highest BCUT2D eigenvalue weighted by molar-refractivity contribution is 5.64. The fourth-order valence-corrected chi connectivity index (χ4v) is 2.16. The van der Waals surface area contributed by atoms with E-state index in [-0.39, 0.29) is 5.56 Å². The number of nitrogens with one attached hydrogen (secondary N) is 1. The summed E-state index contributed by atoms with van der Waals surface area (Å²) in [5, 5.41) is 4.18. The molecule has 4 nitrogen and oxygen atoms in total. The van der Waals surface area contributed by atoms with Crippen LogP contribution in [0.2, 0.25) is 0 Å². The molecule has 0 aliphatic rings. The van der Waals surface area contributed by atoms with E-state index in [1.54, 1.807) is 10.9 Å². The number of benzene rings is 1. The zero-order valence-electron chi connectivity index (χ0n) is 11.4. The first kappa shape index (κ1) is 12.4. The van der Waals surface area contributed by atoms with Crippen LogP contribution in [0.25, 0.3) is 16.8 Å². The maximum atomic E-state index is 12.0. The molecule has 0 saturated carbocycles. The van der Waals surface area contributed by atoms with Crippen LogP contribution in [0.3, 0.4) is 0 Å². The Morgan fingerprint density at radius 1 is 1.15 bits per heavy atom. The number of hydrogen-bond acceptors (Lipinski definition) is 2. The molecule has 100 valence electrons. The van der Waals surface area contributed by atoms with Crippen molar-refractivity contribution in [2.75, 3.05) is 0 Å². The first-order valence-corrected chi connectivity index (χ1v) is 6.46. The predicted octanol–water partition coefficient (Wildman–Crippen LogP) is 2.84. The molecule has 0 amide bonds. The Bertz CT molecular complexity index is 784. The number of aryl methyl sites for hydroxylation is 2. The topological polar surface area (TPSA) is 50.7 Å². The molecule has 0 atom stereocenters. The van der Waals surface area contributed by atoms with E-state index in [9.17, 15) is 4.79 Å². The molecule has 0 aliphatic heterocycles. The Balaban J connectivity index is 2.04. The molecule has 2 aromatic heterocycles. The molecule has 1 N–H and O–H groups in total. The molecule has 0 spiro atoms. The molecular formula is C16H15N3O. The van der Waals surface area contributed by atoms with Gasteiger partial charge in [-0.2, -0.15) is 5.10 Å². The fourth-order valence-electron chi connectivity index (χ4n) is 2.16. The fraction of sp³-hybridized carbons (Fsp3) is 0.125. The van der Waals surface area contributed by atoms with Crippen LogP contribution < -0.4 is 5.56 Å². The summed E-state index contributed by atoms with van der Waals surface area (Å²) in [7, 11) is 0. The molecule has 0 bridgehead atoms. The summed E-state index contributed by atoms with van der Waals surface area (Å²) in [5.74, 6) is 0. The van der Waals surface area contributed by atoms with Gasteiger partial charge in [0.15, 0.2) is 0 Å². The molecule has 0 unspecified atom stereocenters. The lowest BCUT2D eigenvalue weighted by atomic mass is 10.0. The lowest BCUT2D eigenvalue weighted by molar-refractivity contribution is 0.881. The van der Waals surface area contributed by atoms with Gasteiger partial charge in [0.1, 0.15) is 0 Å². The van der Waals surface area contributed by atoms with E-state index in [0.717, 1.165) is 22.5 Å². The van der Waals surface area contributed by atoms with Crippen molar-refractivity contribution in [1.29, 1.82) is 0 Å². The molecule has 0 saturated heterocycles. The Kier molecular flexibility index (Phi) is 2.99. The van der Waals surface area contributed by atoms with E-state index in [4.69, 9.17) is 0 Å². The minimum Gasteiger partial charge on any atom is -0.326 e. The van der Waals surface area contributed by atoms with Crippen molar-refractivity contribution in [2.24, 2.45) is 0 Å². The molecule has 20 heavy (non-hydrogen) atoms. The largest absolute Gasteiger partial charge is 0.326 e. The van der Waals surface area contributed by atoms with Crippen molar-refractivity contribution >= 4 is 0 Å². The third-order valence-corrected chi connectivity index (χ3v) is 3.45. The first-order chi connectivity index (χ1) is 9.65. The van der Waals surface area contributed by atoms with E-state index < -0.39 is 0 Å². The van der Waals surface area contributed by atoms with E-state index >= 15 is 0 Å². The van der Waals surface area contributed by atoms with Gasteiger partial charge in [-0.3, -0.25) is 4.79 Å². The summed E-state index contributed by atoms with van der Waals surface area (Å²) in [6.45, 7) is 3.90. The molecule has 3 rings (SSSR count). The van der Waals surface area contributed by atoms with Gasteiger partial charge in [0, 0.05) is 23.7 Å². The van der Waals surface area contributed by atoms with Gasteiger partial charge in [0.2, 0.25) is 0 Å². The van der Waals surface area contributed by atoms with Crippen LogP contribution in [-0.2, 0) is 0 Å². The number of pyridine rings is 1. The Morgan fingerprint density at radius 3 is 2.55 bits per heavy atom. The van der Waals surface area contributed by atoms with Crippen LogP contribution in [0, 0.1) is 13.8 Å². The minimum absolute atomic E-state index is 0.0556. The van der Waals surface area contributed by atoms with Gasteiger partial charge in [-0.05, 0) is 49.2 Å². The van der Waals surface area contributed by atoms with Crippen molar-refractivity contribution in [1.82, 2.24) is 14.8 Å². The van der Waals surface area contributed by atoms with Gasteiger partial charge in [-0.1, -0.05) is 12.1 Å². The molecular weight excluding hydrogens is 250 g/mol. The zero-order chi connectivity index (χ0) is 14.1. The molecule has 3 aromatic rings. The van der Waals surface area contributed by atoms with Crippen LogP contribution in [0.4, 0.5) is 0 Å². The number of nitrogens with zero attached hydrogens (tertiary/aromatic N) is 2. The van der Waals surface area contributed by atoms with Crippen molar-refractivity contribution in [2.45, 2.75) is 13.8 Å². The number of aromatic amines is 1. The van der Waals surface area contributed by atoms with Gasteiger partial charge in [0.05, 0.1) is 5.69 Å². The molecule has 0 radical (unpaired) electrons. The summed E-state index contributed by atoms with van der Waals surface area (Å²) in [4.78, 5) is 14.9. The first-order valence-electron chi connectivity index (χ1n) is 6.46. The molecule has 0 fully saturated rings. The summed E-state index contributed by atoms with van der Waals surface area (Å²) < 4.78 is 1.79. The van der Waals surface area contributed by atoms with E-state index in [1.165, 1.54) is 0 Å². The monoisotopic (exact) mass is 265 g/mol. The average Bonchev–Trinajstić information content (AvgIpc) is 2.97. The van der Waals surface area contributed by atoms with E-state index in [2.05, 4.69) is 10.1 Å². The Hall–Kier alpha value is -2.62. The molecule has 1 aromatic carbocycles. The lowest BCUT2D eigenvalue weighted by Crippen LogP contribution is -2.11. The summed E-state index contributed by atoms with van der Waals surface area (Å²) in [6, 6.07) is 11.6. The van der Waals surface area contributed by atoms with Gasteiger partial charge < -0.3 is 4.98 Å². The molecule has 0 aliphatic carbocycles. The number of H-pyrrole nitrogens is 1. The maximum Gasteiger partial charge on any atom is 0.256 e. The SMILES string of the molecule is Cc1cc(-c2ccc(-n3cccn3)cc2)c(=O)[nH]c1C. The second kappa shape index (κ2) is 4.81. The summed E-state index contributed by atoms with van der Waals surface area (Å²) in [5.41, 5.74) is 4.51. The third-order valence-electron chi connectivity index (χ3n) is 3.45. The highest BCUT2D eigenvalue weighted by Gasteiger charge is 2.06. The number of hydrogen-bond donors (Lipinski definition) is 1. The summed E-state index contributed by atoms with van der Waals surface area (Å²) >= 11 is 0. The van der Waals surface area contributed by atoms with Crippen LogP contribution >= 0.6 is 0 Å². The number of aromatic nitrogens is 3. The van der Waals surface area contributed by atoms with E-state index in [0.29, 0.717) is 5.56 Å². The quantitative estimate of drug-likeness (QED) is 0.774. The third kappa shape index (κ3) is 2.16. The van der Waals surface area contributed by atoms with Crippen LogP contribution in [0.15, 0.2) is 53.6 Å². The predicted molar refractivity (Wildman–Crippen MR) is 79.1 cm³/mol. The Morgan fingerprint density at radius 2 is 1.90 bits per heavy atom. The van der Waals surface area contributed by atoms with Gasteiger partial charge in [-0.15, -0.1) is 0 Å². The van der Waals surface area contributed by atoms with E-state index in [1.807, 2.05) is 56.4 Å². The summed E-state index contributed by atoms with van der Waals surface area (Å²) in [6.07, 6.45) is 3.62. The standard InChI is InChI=1S/C16H15N3O/c1-11-10-15(16(20)18-12(11)2)13-4-6-14(7-5-13)19-9-3-8-17-19/h3-10H,1-2H3,(H,18,20). The smallest absolute Gasteiger partial charge is 0.256 e.